The number of ether oxygens (including phenoxy) is 1. The summed E-state index contributed by atoms with van der Waals surface area (Å²) in [4.78, 5) is 25.5. The topological polar surface area (TPSA) is 58.6 Å². The Kier molecular flexibility index (Phi) is 6.09. The van der Waals surface area contributed by atoms with Crippen LogP contribution in [0.2, 0.25) is 0 Å². The first-order valence-electron chi connectivity index (χ1n) is 10.6. The van der Waals surface area contributed by atoms with Gasteiger partial charge in [-0.2, -0.15) is 0 Å². The Morgan fingerprint density at radius 2 is 2.21 bits per heavy atom. The fourth-order valence-electron chi connectivity index (χ4n) is 4.23. The fraction of sp³-hybridized carbons (Fsp3) is 0.522. The quantitative estimate of drug-likeness (QED) is 0.705. The summed E-state index contributed by atoms with van der Waals surface area (Å²) in [5, 5.41) is 0. The van der Waals surface area contributed by atoms with E-state index < -0.39 is 0 Å². The summed E-state index contributed by atoms with van der Waals surface area (Å²) in [6.07, 6.45) is 4.89. The van der Waals surface area contributed by atoms with Gasteiger partial charge in [-0.1, -0.05) is 12.1 Å². The molecule has 0 spiro atoms. The van der Waals surface area contributed by atoms with Crippen molar-refractivity contribution in [1.29, 1.82) is 0 Å². The molecule has 154 valence electrons. The van der Waals surface area contributed by atoms with Crippen LogP contribution in [0.3, 0.4) is 0 Å². The maximum Gasteiger partial charge on any atom is 0.219 e. The van der Waals surface area contributed by atoms with Gasteiger partial charge in [-0.15, -0.1) is 0 Å². The Hall–Kier alpha value is -2.47. The van der Waals surface area contributed by atoms with Gasteiger partial charge in [-0.05, 0) is 44.0 Å². The minimum absolute atomic E-state index is 0.123. The summed E-state index contributed by atoms with van der Waals surface area (Å²) < 4.78 is 5.87. The molecule has 1 amide bonds. The maximum absolute atomic E-state index is 11.6. The molecule has 3 heterocycles. The van der Waals surface area contributed by atoms with E-state index >= 15 is 0 Å². The molecule has 2 aliphatic heterocycles. The van der Waals surface area contributed by atoms with E-state index in [-0.39, 0.29) is 5.91 Å². The summed E-state index contributed by atoms with van der Waals surface area (Å²) in [7, 11) is 0. The lowest BCUT2D eigenvalue weighted by atomic mass is 10.0. The summed E-state index contributed by atoms with van der Waals surface area (Å²) >= 11 is 0. The first kappa shape index (κ1) is 19.8. The number of nitrogens with zero attached hydrogens (tertiary/aromatic N) is 4. The van der Waals surface area contributed by atoms with Gasteiger partial charge in [0.1, 0.15) is 11.6 Å². The van der Waals surface area contributed by atoms with Gasteiger partial charge in [0.2, 0.25) is 5.91 Å². The van der Waals surface area contributed by atoms with Crippen LogP contribution in [0.4, 0.5) is 0 Å². The van der Waals surface area contributed by atoms with E-state index in [1.165, 1.54) is 5.56 Å². The maximum atomic E-state index is 11.6. The molecule has 0 aliphatic carbocycles. The van der Waals surface area contributed by atoms with Crippen LogP contribution < -0.4 is 4.74 Å². The number of hydrogen-bond acceptors (Lipinski definition) is 5. The van der Waals surface area contributed by atoms with Gasteiger partial charge in [0.25, 0.3) is 0 Å². The van der Waals surface area contributed by atoms with Crippen LogP contribution in [0.1, 0.15) is 48.3 Å². The monoisotopic (exact) mass is 394 g/mol. The van der Waals surface area contributed by atoms with Crippen LogP contribution >= 0.6 is 0 Å². The largest absolute Gasteiger partial charge is 0.494 e. The average Bonchev–Trinajstić information content (AvgIpc) is 3.19. The molecular weight excluding hydrogens is 364 g/mol. The minimum Gasteiger partial charge on any atom is -0.494 e. The highest BCUT2D eigenvalue weighted by atomic mass is 16.5. The molecule has 29 heavy (non-hydrogen) atoms. The Morgan fingerprint density at radius 1 is 1.31 bits per heavy atom. The number of rotatable bonds is 6. The lowest BCUT2D eigenvalue weighted by molar-refractivity contribution is -0.129. The second-order valence-electron chi connectivity index (χ2n) is 8.20. The van der Waals surface area contributed by atoms with Crippen molar-refractivity contribution in [3.05, 3.63) is 53.1 Å². The smallest absolute Gasteiger partial charge is 0.219 e. The van der Waals surface area contributed by atoms with Gasteiger partial charge in [-0.3, -0.25) is 4.79 Å². The van der Waals surface area contributed by atoms with Gasteiger partial charge >= 0.3 is 0 Å². The van der Waals surface area contributed by atoms with Crippen molar-refractivity contribution in [3.8, 4) is 5.75 Å². The fourth-order valence-corrected chi connectivity index (χ4v) is 4.23. The van der Waals surface area contributed by atoms with Crippen molar-refractivity contribution in [2.75, 3.05) is 32.8 Å². The zero-order chi connectivity index (χ0) is 20.2. The minimum atomic E-state index is 0.123. The van der Waals surface area contributed by atoms with Crippen molar-refractivity contribution in [3.63, 3.8) is 0 Å². The van der Waals surface area contributed by atoms with E-state index in [4.69, 9.17) is 9.72 Å². The van der Waals surface area contributed by atoms with Crippen molar-refractivity contribution in [2.45, 2.75) is 45.6 Å². The number of carbonyl (C=O) groups is 1. The number of likely N-dealkylation sites (tertiary alicyclic amines) is 1. The molecule has 2 aliphatic rings. The van der Waals surface area contributed by atoms with Gasteiger partial charge in [0.05, 0.1) is 12.3 Å². The normalized spacial score (nSPS) is 19.2. The molecule has 1 unspecified atom stereocenters. The Balaban J connectivity index is 1.25. The van der Waals surface area contributed by atoms with Crippen LogP contribution in [-0.2, 0) is 17.8 Å². The summed E-state index contributed by atoms with van der Waals surface area (Å²) in [6.45, 7) is 9.00. The van der Waals surface area contributed by atoms with Crippen molar-refractivity contribution < 1.29 is 9.53 Å². The molecule has 0 radical (unpaired) electrons. The van der Waals surface area contributed by atoms with E-state index in [1.54, 1.807) is 6.92 Å². The van der Waals surface area contributed by atoms with Crippen molar-refractivity contribution >= 4 is 5.91 Å². The molecule has 6 heteroatoms. The van der Waals surface area contributed by atoms with Gasteiger partial charge in [0.15, 0.2) is 0 Å². The number of benzene rings is 1. The van der Waals surface area contributed by atoms with Crippen LogP contribution in [-0.4, -0.2) is 58.5 Å². The number of hydrogen-bond donors (Lipinski definition) is 0. The van der Waals surface area contributed by atoms with E-state index in [1.807, 2.05) is 23.2 Å². The molecule has 4 rings (SSSR count). The predicted molar refractivity (Wildman–Crippen MR) is 112 cm³/mol. The second kappa shape index (κ2) is 8.91. The van der Waals surface area contributed by atoms with Gasteiger partial charge < -0.3 is 14.5 Å². The predicted octanol–water partition coefficient (Wildman–Crippen LogP) is 2.95. The van der Waals surface area contributed by atoms with E-state index in [0.29, 0.717) is 12.5 Å². The lowest BCUT2D eigenvalue weighted by Gasteiger charge is -2.27. The third kappa shape index (κ3) is 4.93. The molecule has 1 atom stereocenters. The third-order valence-electron chi connectivity index (χ3n) is 5.91. The summed E-state index contributed by atoms with van der Waals surface area (Å²) in [6, 6.07) is 8.21. The molecule has 1 saturated heterocycles. The van der Waals surface area contributed by atoms with Crippen LogP contribution in [0.25, 0.3) is 0 Å². The first-order chi connectivity index (χ1) is 14.1. The van der Waals surface area contributed by atoms with Crippen molar-refractivity contribution in [2.24, 2.45) is 0 Å². The highest BCUT2D eigenvalue weighted by molar-refractivity contribution is 5.73. The number of aryl methyl sites for hydroxylation is 1. The highest BCUT2D eigenvalue weighted by Crippen LogP contribution is 2.26. The zero-order valence-corrected chi connectivity index (χ0v) is 17.4. The molecule has 1 fully saturated rings. The Bertz CT molecular complexity index is 870. The number of aromatic nitrogens is 2. The first-order valence-corrected chi connectivity index (χ1v) is 10.6. The van der Waals surface area contributed by atoms with E-state index in [2.05, 4.69) is 28.9 Å². The van der Waals surface area contributed by atoms with Crippen LogP contribution in [0.5, 0.6) is 5.75 Å². The molecule has 1 aromatic heterocycles. The zero-order valence-electron chi connectivity index (χ0n) is 17.4. The summed E-state index contributed by atoms with van der Waals surface area (Å²) in [5.41, 5.74) is 3.44. The molecule has 2 aromatic rings. The molecule has 6 nitrogen and oxygen atoms in total. The molecule has 0 bridgehead atoms. The average molecular weight is 395 g/mol. The van der Waals surface area contributed by atoms with Crippen molar-refractivity contribution in [1.82, 2.24) is 19.8 Å². The Morgan fingerprint density at radius 3 is 3.03 bits per heavy atom. The van der Waals surface area contributed by atoms with Gasteiger partial charge in [0, 0.05) is 57.2 Å². The molecule has 1 aromatic carbocycles. The number of amides is 1. The van der Waals surface area contributed by atoms with Crippen LogP contribution in [0, 0.1) is 6.92 Å². The molecule has 0 N–H and O–H groups in total. The number of fused-ring (bicyclic) bond motifs is 1. The van der Waals surface area contributed by atoms with E-state index in [0.717, 1.165) is 74.9 Å². The summed E-state index contributed by atoms with van der Waals surface area (Å²) in [5.74, 6) is 2.45. The van der Waals surface area contributed by atoms with E-state index in [9.17, 15) is 4.79 Å². The second-order valence-corrected chi connectivity index (χ2v) is 8.20. The highest BCUT2D eigenvalue weighted by Gasteiger charge is 2.27. The lowest BCUT2D eigenvalue weighted by Crippen LogP contribution is -2.35. The molecular formula is C23H30N4O2. The number of carbonyl (C=O) groups excluding carboxylic acids is 1. The van der Waals surface area contributed by atoms with Crippen LogP contribution in [0.15, 0.2) is 30.5 Å². The SMILES string of the molecule is CC(=O)N1CCc2nc(C3CCN(CCCOc4cccc(C)c4)C3)ncc2C1. The standard InChI is InChI=1S/C23H30N4O2/c1-17-5-3-6-21(13-17)29-12-4-9-26-10-7-19(15-26)23-24-14-20-16-27(18(2)28)11-8-22(20)25-23/h3,5-6,13-14,19H,4,7-12,15-16H2,1-2H3. The Labute approximate surface area is 172 Å². The third-order valence-corrected chi connectivity index (χ3v) is 5.91. The molecule has 0 saturated carbocycles. The van der Waals surface area contributed by atoms with Gasteiger partial charge in [-0.25, -0.2) is 9.97 Å².